The van der Waals surface area contributed by atoms with E-state index in [-0.39, 0.29) is 11.3 Å². The molecule has 32 heavy (non-hydrogen) atoms. The molecule has 6 nitrogen and oxygen atoms in total. The van der Waals surface area contributed by atoms with Gasteiger partial charge in [0, 0.05) is 11.6 Å². The number of nitrogens with zero attached hydrogens (tertiary/aromatic N) is 2. The number of Topliss-reactive ketones (excluding diaryl/α,β-unsaturated/α-hetero) is 1. The van der Waals surface area contributed by atoms with E-state index in [1.165, 1.54) is 16.3 Å². The molecule has 0 N–H and O–H groups in total. The summed E-state index contributed by atoms with van der Waals surface area (Å²) in [6, 6.07) is 21.5. The largest absolute Gasteiger partial charge is 0.493 e. The molecule has 1 heterocycles. The van der Waals surface area contributed by atoms with Crippen LogP contribution in [0.2, 0.25) is 0 Å². The molecule has 0 aliphatic rings. The second-order valence-corrected chi connectivity index (χ2v) is 8.39. The van der Waals surface area contributed by atoms with Gasteiger partial charge in [0.05, 0.1) is 36.1 Å². The fourth-order valence-corrected chi connectivity index (χ4v) is 4.44. The Balaban J connectivity index is 1.85. The smallest absolute Gasteiger partial charge is 0.266 e. The van der Waals surface area contributed by atoms with E-state index in [2.05, 4.69) is 0 Å². The standard InChI is InChI=1S/C25H22N2O4S/c1-16(23(28)17-9-5-4-6-10-17)32-25-26-20-12-8-7-11-19(20)24(29)27(25)18-13-14-21(30-2)22(15-18)31-3/h4-16H,1-3H3. The molecule has 0 saturated heterocycles. The molecule has 4 rings (SSSR count). The van der Waals surface area contributed by atoms with Crippen LogP contribution in [0, 0.1) is 0 Å². The van der Waals surface area contributed by atoms with E-state index in [1.54, 1.807) is 62.8 Å². The first-order valence-corrected chi connectivity index (χ1v) is 10.9. The summed E-state index contributed by atoms with van der Waals surface area (Å²) in [7, 11) is 3.10. The molecule has 0 aliphatic carbocycles. The summed E-state index contributed by atoms with van der Waals surface area (Å²) in [5.74, 6) is 1.02. The van der Waals surface area contributed by atoms with Gasteiger partial charge in [0.15, 0.2) is 22.4 Å². The molecular formula is C25H22N2O4S. The molecule has 4 aromatic rings. The van der Waals surface area contributed by atoms with Gasteiger partial charge < -0.3 is 9.47 Å². The Hall–Kier alpha value is -3.58. The summed E-state index contributed by atoms with van der Waals surface area (Å²) < 4.78 is 12.3. The van der Waals surface area contributed by atoms with E-state index >= 15 is 0 Å². The number of methoxy groups -OCH3 is 2. The van der Waals surface area contributed by atoms with Crippen molar-refractivity contribution >= 4 is 28.4 Å². The summed E-state index contributed by atoms with van der Waals surface area (Å²) in [6.07, 6.45) is 0. The zero-order valence-corrected chi connectivity index (χ0v) is 18.8. The molecule has 0 saturated carbocycles. The van der Waals surface area contributed by atoms with Gasteiger partial charge in [-0.05, 0) is 31.2 Å². The highest BCUT2D eigenvalue weighted by atomic mass is 32.2. The highest BCUT2D eigenvalue weighted by Gasteiger charge is 2.22. The number of aromatic nitrogens is 2. The lowest BCUT2D eigenvalue weighted by atomic mass is 10.1. The van der Waals surface area contributed by atoms with Crippen molar-refractivity contribution in [1.29, 1.82) is 0 Å². The number of hydrogen-bond acceptors (Lipinski definition) is 6. The molecule has 1 unspecified atom stereocenters. The summed E-state index contributed by atoms with van der Waals surface area (Å²) in [6.45, 7) is 1.82. The lowest BCUT2D eigenvalue weighted by molar-refractivity contribution is 0.0994. The highest BCUT2D eigenvalue weighted by Crippen LogP contribution is 2.32. The minimum absolute atomic E-state index is 0.0307. The van der Waals surface area contributed by atoms with Crippen molar-refractivity contribution in [2.24, 2.45) is 0 Å². The predicted octanol–water partition coefficient (Wildman–Crippen LogP) is 4.77. The average Bonchev–Trinajstić information content (AvgIpc) is 2.84. The maximum atomic E-state index is 13.5. The maximum absolute atomic E-state index is 13.5. The van der Waals surface area contributed by atoms with Crippen LogP contribution in [0.15, 0.2) is 82.7 Å². The summed E-state index contributed by atoms with van der Waals surface area (Å²) >= 11 is 1.25. The molecular weight excluding hydrogens is 424 g/mol. The zero-order valence-electron chi connectivity index (χ0n) is 17.9. The number of carbonyl (C=O) groups excluding carboxylic acids is 1. The minimum atomic E-state index is -0.447. The van der Waals surface area contributed by atoms with Crippen LogP contribution < -0.4 is 15.0 Å². The second-order valence-electron chi connectivity index (χ2n) is 7.08. The molecule has 0 radical (unpaired) electrons. The van der Waals surface area contributed by atoms with Gasteiger partial charge in [-0.25, -0.2) is 4.98 Å². The Kier molecular flexibility index (Phi) is 6.28. The van der Waals surface area contributed by atoms with E-state index in [1.807, 2.05) is 31.2 Å². The first-order valence-electron chi connectivity index (χ1n) is 10.0. The van der Waals surface area contributed by atoms with Crippen LogP contribution in [0.5, 0.6) is 11.5 Å². The van der Waals surface area contributed by atoms with Crippen molar-refractivity contribution in [3.8, 4) is 17.2 Å². The number of ketones is 1. The van der Waals surface area contributed by atoms with Gasteiger partial charge >= 0.3 is 0 Å². The first kappa shape index (κ1) is 21.6. The van der Waals surface area contributed by atoms with Gasteiger partial charge in [-0.15, -0.1) is 0 Å². The molecule has 162 valence electrons. The lowest BCUT2D eigenvalue weighted by Gasteiger charge is -2.17. The molecule has 7 heteroatoms. The summed E-state index contributed by atoms with van der Waals surface area (Å²) in [5.41, 5.74) is 1.56. The zero-order chi connectivity index (χ0) is 22.7. The molecule has 1 atom stereocenters. The van der Waals surface area contributed by atoms with Crippen LogP contribution in [-0.2, 0) is 0 Å². The van der Waals surface area contributed by atoms with Crippen LogP contribution in [-0.4, -0.2) is 34.8 Å². The van der Waals surface area contributed by atoms with Crippen molar-refractivity contribution in [3.63, 3.8) is 0 Å². The summed E-state index contributed by atoms with van der Waals surface area (Å²) in [5, 5.41) is 0.475. The molecule has 1 aromatic heterocycles. The van der Waals surface area contributed by atoms with Crippen molar-refractivity contribution in [1.82, 2.24) is 9.55 Å². The lowest BCUT2D eigenvalue weighted by Crippen LogP contribution is -2.23. The van der Waals surface area contributed by atoms with Crippen LogP contribution in [0.3, 0.4) is 0 Å². The number of ether oxygens (including phenoxy) is 2. The third kappa shape index (κ3) is 4.11. The second kappa shape index (κ2) is 9.28. The maximum Gasteiger partial charge on any atom is 0.266 e. The highest BCUT2D eigenvalue weighted by molar-refractivity contribution is 8.00. The Morgan fingerprint density at radius 1 is 0.938 bits per heavy atom. The van der Waals surface area contributed by atoms with Gasteiger partial charge in [0.1, 0.15) is 0 Å². The van der Waals surface area contributed by atoms with E-state index in [0.717, 1.165) is 0 Å². The van der Waals surface area contributed by atoms with E-state index < -0.39 is 5.25 Å². The van der Waals surface area contributed by atoms with E-state index in [9.17, 15) is 9.59 Å². The molecule has 0 bridgehead atoms. The van der Waals surface area contributed by atoms with Crippen molar-refractivity contribution in [2.75, 3.05) is 14.2 Å². The van der Waals surface area contributed by atoms with Crippen molar-refractivity contribution < 1.29 is 14.3 Å². The molecule has 0 spiro atoms. The Morgan fingerprint density at radius 3 is 2.34 bits per heavy atom. The molecule has 0 fully saturated rings. The predicted molar refractivity (Wildman–Crippen MR) is 127 cm³/mol. The van der Waals surface area contributed by atoms with Gasteiger partial charge in [-0.1, -0.05) is 54.2 Å². The Bertz CT molecular complexity index is 1340. The van der Waals surface area contributed by atoms with E-state index in [4.69, 9.17) is 14.5 Å². The summed E-state index contributed by atoms with van der Waals surface area (Å²) in [4.78, 5) is 31.2. The fourth-order valence-electron chi connectivity index (χ4n) is 3.43. The monoisotopic (exact) mass is 446 g/mol. The van der Waals surface area contributed by atoms with Gasteiger partial charge in [0.2, 0.25) is 0 Å². The van der Waals surface area contributed by atoms with Crippen LogP contribution in [0.25, 0.3) is 16.6 Å². The number of hydrogen-bond donors (Lipinski definition) is 0. The van der Waals surface area contributed by atoms with Crippen molar-refractivity contribution in [3.05, 3.63) is 88.7 Å². The quantitative estimate of drug-likeness (QED) is 0.231. The number of thioether (sulfide) groups is 1. The third-order valence-corrected chi connectivity index (χ3v) is 6.13. The van der Waals surface area contributed by atoms with Gasteiger partial charge in [-0.2, -0.15) is 0 Å². The number of rotatable bonds is 7. The number of carbonyl (C=O) groups is 1. The van der Waals surface area contributed by atoms with Crippen LogP contribution in [0.1, 0.15) is 17.3 Å². The van der Waals surface area contributed by atoms with Gasteiger partial charge in [0.25, 0.3) is 5.56 Å². The Labute approximate surface area is 189 Å². The SMILES string of the molecule is COc1ccc(-n2c(SC(C)C(=O)c3ccccc3)nc3ccccc3c2=O)cc1OC. The fraction of sp³-hybridized carbons (Fsp3) is 0.160. The van der Waals surface area contributed by atoms with E-state index in [0.29, 0.717) is 38.8 Å². The molecule has 0 amide bonds. The minimum Gasteiger partial charge on any atom is -0.493 e. The number of benzene rings is 3. The average molecular weight is 447 g/mol. The topological polar surface area (TPSA) is 70.4 Å². The van der Waals surface area contributed by atoms with Crippen LogP contribution >= 0.6 is 11.8 Å². The first-order chi connectivity index (χ1) is 15.5. The van der Waals surface area contributed by atoms with Crippen LogP contribution in [0.4, 0.5) is 0 Å². The number of fused-ring (bicyclic) bond motifs is 1. The third-order valence-electron chi connectivity index (χ3n) is 5.08. The molecule has 3 aromatic carbocycles. The number of para-hydroxylation sites is 1. The normalized spacial score (nSPS) is 11.8. The molecule has 0 aliphatic heterocycles. The Morgan fingerprint density at radius 2 is 1.62 bits per heavy atom. The van der Waals surface area contributed by atoms with Crippen molar-refractivity contribution in [2.45, 2.75) is 17.3 Å². The van der Waals surface area contributed by atoms with Gasteiger partial charge in [-0.3, -0.25) is 14.2 Å².